The van der Waals surface area contributed by atoms with Crippen molar-refractivity contribution in [3.63, 3.8) is 0 Å². The lowest BCUT2D eigenvalue weighted by atomic mass is 10.1. The van der Waals surface area contributed by atoms with Gasteiger partial charge in [-0.25, -0.2) is 4.79 Å². The van der Waals surface area contributed by atoms with Crippen molar-refractivity contribution < 1.29 is 9.53 Å². The molecule has 0 saturated heterocycles. The molecule has 0 amide bonds. The lowest BCUT2D eigenvalue weighted by Crippen LogP contribution is -2.00. The Hall–Kier alpha value is -1.82. The molecule has 2 aromatic rings. The van der Waals surface area contributed by atoms with Crippen LogP contribution in [-0.4, -0.2) is 27.5 Å². The minimum atomic E-state index is -0.357. The van der Waals surface area contributed by atoms with Crippen LogP contribution in [0.15, 0.2) is 30.5 Å². The summed E-state index contributed by atoms with van der Waals surface area (Å²) in [6.07, 6.45) is 1.68. The fourth-order valence-corrected chi connectivity index (χ4v) is 1.43. The van der Waals surface area contributed by atoms with Crippen LogP contribution in [0.3, 0.4) is 0 Å². The smallest absolute Gasteiger partial charge is 0.337 e. The lowest BCUT2D eigenvalue weighted by molar-refractivity contribution is 0.0601. The number of ether oxygens (including phenoxy) is 1. The summed E-state index contributed by atoms with van der Waals surface area (Å²) in [5.41, 5.74) is 2.07. The first-order chi connectivity index (χ1) is 7.70. The number of nitrogens with zero attached hydrogens (tertiary/aromatic N) is 3. The monoisotopic (exact) mass is 235 g/mol. The van der Waals surface area contributed by atoms with E-state index in [0.29, 0.717) is 11.3 Å². The Morgan fingerprint density at radius 1 is 1.38 bits per heavy atom. The SMILES string of the molecule is COC(=O)c1ccc(-c2cn(S)nn2)cc1. The predicted molar refractivity (Wildman–Crippen MR) is 61.2 cm³/mol. The number of hydrogen-bond donors (Lipinski definition) is 1. The van der Waals surface area contributed by atoms with E-state index in [1.54, 1.807) is 30.5 Å². The molecule has 1 heterocycles. The van der Waals surface area contributed by atoms with Crippen molar-refractivity contribution in [2.75, 3.05) is 7.11 Å². The molecular formula is C10H9N3O2S. The quantitative estimate of drug-likeness (QED) is 0.632. The number of aromatic nitrogens is 3. The second-order valence-corrected chi connectivity index (χ2v) is 3.50. The fraction of sp³-hybridized carbons (Fsp3) is 0.100. The van der Waals surface area contributed by atoms with Crippen LogP contribution in [0.5, 0.6) is 0 Å². The molecule has 6 heteroatoms. The minimum Gasteiger partial charge on any atom is -0.465 e. The summed E-state index contributed by atoms with van der Waals surface area (Å²) in [6, 6.07) is 6.92. The molecule has 0 aliphatic rings. The highest BCUT2D eigenvalue weighted by Crippen LogP contribution is 2.17. The van der Waals surface area contributed by atoms with E-state index in [1.165, 1.54) is 11.2 Å². The van der Waals surface area contributed by atoms with Crippen LogP contribution in [0.25, 0.3) is 11.3 Å². The van der Waals surface area contributed by atoms with Gasteiger partial charge in [0.25, 0.3) is 0 Å². The summed E-state index contributed by atoms with van der Waals surface area (Å²) < 4.78 is 5.93. The Balaban J connectivity index is 2.29. The molecule has 0 fully saturated rings. The maximum atomic E-state index is 11.2. The van der Waals surface area contributed by atoms with Crippen LogP contribution in [0.1, 0.15) is 10.4 Å². The molecule has 1 aromatic heterocycles. The number of carbonyl (C=O) groups excluding carboxylic acids is 1. The van der Waals surface area contributed by atoms with Crippen LogP contribution in [-0.2, 0) is 4.74 Å². The summed E-state index contributed by atoms with van der Waals surface area (Å²) in [5, 5.41) is 7.61. The number of benzene rings is 1. The van der Waals surface area contributed by atoms with Gasteiger partial charge in [0.05, 0.1) is 18.9 Å². The van der Waals surface area contributed by atoms with E-state index in [9.17, 15) is 4.79 Å². The molecule has 1 aromatic carbocycles. The van der Waals surface area contributed by atoms with E-state index in [-0.39, 0.29) is 5.97 Å². The first kappa shape index (κ1) is 10.7. The number of esters is 1. The third-order valence-corrected chi connectivity index (χ3v) is 2.28. The molecule has 0 saturated carbocycles. The molecule has 82 valence electrons. The highest BCUT2D eigenvalue weighted by atomic mass is 32.1. The van der Waals surface area contributed by atoms with Crippen LogP contribution >= 0.6 is 12.8 Å². The molecule has 0 spiro atoms. The van der Waals surface area contributed by atoms with Crippen molar-refractivity contribution in [1.82, 2.24) is 14.4 Å². The summed E-state index contributed by atoms with van der Waals surface area (Å²) in [5.74, 6) is -0.357. The molecule has 0 atom stereocenters. The van der Waals surface area contributed by atoms with Gasteiger partial charge in [-0.15, -0.1) is 5.10 Å². The van der Waals surface area contributed by atoms with Gasteiger partial charge in [-0.2, -0.15) is 4.09 Å². The summed E-state index contributed by atoms with van der Waals surface area (Å²) in [7, 11) is 1.35. The van der Waals surface area contributed by atoms with Gasteiger partial charge in [0, 0.05) is 5.56 Å². The molecule has 2 rings (SSSR count). The normalized spacial score (nSPS) is 10.1. The van der Waals surface area contributed by atoms with Gasteiger partial charge >= 0.3 is 5.97 Å². The highest BCUT2D eigenvalue weighted by molar-refractivity contribution is 7.78. The second kappa shape index (κ2) is 4.36. The van der Waals surface area contributed by atoms with Crippen LogP contribution in [0.4, 0.5) is 0 Å². The van der Waals surface area contributed by atoms with Crippen LogP contribution < -0.4 is 0 Å². The third-order valence-electron chi connectivity index (χ3n) is 2.08. The molecule has 0 aliphatic carbocycles. The maximum Gasteiger partial charge on any atom is 0.337 e. The van der Waals surface area contributed by atoms with Crippen LogP contribution in [0.2, 0.25) is 0 Å². The van der Waals surface area contributed by atoms with Gasteiger partial charge in [0.15, 0.2) is 0 Å². The zero-order chi connectivity index (χ0) is 11.5. The number of hydrogen-bond acceptors (Lipinski definition) is 5. The first-order valence-electron chi connectivity index (χ1n) is 4.51. The minimum absolute atomic E-state index is 0.357. The number of methoxy groups -OCH3 is 1. The van der Waals surface area contributed by atoms with Gasteiger partial charge in [-0.05, 0) is 24.9 Å². The zero-order valence-electron chi connectivity index (χ0n) is 8.49. The Bertz CT molecular complexity index is 507. The number of carbonyl (C=O) groups is 1. The Labute approximate surface area is 97.6 Å². The largest absolute Gasteiger partial charge is 0.465 e. The average molecular weight is 235 g/mol. The van der Waals surface area contributed by atoms with Crippen molar-refractivity contribution in [3.05, 3.63) is 36.0 Å². The maximum absolute atomic E-state index is 11.2. The van der Waals surface area contributed by atoms with Gasteiger partial charge in [0.1, 0.15) is 5.69 Å². The Morgan fingerprint density at radius 3 is 2.56 bits per heavy atom. The van der Waals surface area contributed by atoms with Crippen molar-refractivity contribution in [3.8, 4) is 11.3 Å². The molecule has 16 heavy (non-hydrogen) atoms. The third kappa shape index (κ3) is 2.06. The second-order valence-electron chi connectivity index (χ2n) is 3.09. The van der Waals surface area contributed by atoms with E-state index < -0.39 is 0 Å². The van der Waals surface area contributed by atoms with Gasteiger partial charge in [0.2, 0.25) is 0 Å². The number of thiol groups is 1. The van der Waals surface area contributed by atoms with E-state index in [0.717, 1.165) is 5.56 Å². The zero-order valence-corrected chi connectivity index (χ0v) is 9.39. The standard InChI is InChI=1S/C10H9N3O2S/c1-15-10(14)8-4-2-7(3-5-8)9-6-13(16)12-11-9/h2-6,16H,1H3. The van der Waals surface area contributed by atoms with E-state index in [1.807, 2.05) is 0 Å². The lowest BCUT2D eigenvalue weighted by Gasteiger charge is -1.99. The fourth-order valence-electron chi connectivity index (χ4n) is 1.28. The number of rotatable bonds is 2. The molecule has 0 N–H and O–H groups in total. The van der Waals surface area contributed by atoms with E-state index in [2.05, 4.69) is 27.9 Å². The summed E-state index contributed by atoms with van der Waals surface area (Å²) in [4.78, 5) is 11.2. The molecule has 0 unspecified atom stereocenters. The van der Waals surface area contributed by atoms with E-state index in [4.69, 9.17) is 0 Å². The topological polar surface area (TPSA) is 57.0 Å². The van der Waals surface area contributed by atoms with Crippen molar-refractivity contribution in [2.24, 2.45) is 0 Å². The Morgan fingerprint density at radius 2 is 2.06 bits per heavy atom. The average Bonchev–Trinajstić information content (AvgIpc) is 2.75. The highest BCUT2D eigenvalue weighted by Gasteiger charge is 2.06. The molecule has 0 radical (unpaired) electrons. The molecule has 0 bridgehead atoms. The summed E-state index contributed by atoms with van der Waals surface area (Å²) >= 11 is 3.99. The van der Waals surface area contributed by atoms with Crippen molar-refractivity contribution in [1.29, 1.82) is 0 Å². The van der Waals surface area contributed by atoms with Crippen LogP contribution in [0, 0.1) is 0 Å². The predicted octanol–water partition coefficient (Wildman–Crippen LogP) is 1.42. The van der Waals surface area contributed by atoms with Gasteiger partial charge < -0.3 is 4.74 Å². The first-order valence-corrected chi connectivity index (χ1v) is 4.91. The van der Waals surface area contributed by atoms with Gasteiger partial charge in [-0.1, -0.05) is 17.3 Å². The molecule has 0 aliphatic heterocycles. The Kier molecular flexibility index (Phi) is 2.91. The van der Waals surface area contributed by atoms with Gasteiger partial charge in [-0.3, -0.25) is 0 Å². The van der Waals surface area contributed by atoms with Crippen molar-refractivity contribution >= 4 is 18.8 Å². The summed E-state index contributed by atoms with van der Waals surface area (Å²) in [6.45, 7) is 0. The van der Waals surface area contributed by atoms with E-state index >= 15 is 0 Å². The molecule has 5 nitrogen and oxygen atoms in total. The van der Waals surface area contributed by atoms with Crippen molar-refractivity contribution in [2.45, 2.75) is 0 Å². The molecular weight excluding hydrogens is 226 g/mol.